The Kier molecular flexibility index (Phi) is 6.74. The van der Waals surface area contributed by atoms with E-state index in [9.17, 15) is 4.79 Å². The van der Waals surface area contributed by atoms with Crippen molar-refractivity contribution in [2.24, 2.45) is 5.92 Å². The van der Waals surface area contributed by atoms with Crippen molar-refractivity contribution in [3.8, 4) is 5.75 Å². The number of para-hydroxylation sites is 1. The number of methoxy groups -OCH3 is 1. The summed E-state index contributed by atoms with van der Waals surface area (Å²) in [5, 5.41) is 6.06. The van der Waals surface area contributed by atoms with Gasteiger partial charge in [0.15, 0.2) is 0 Å². The highest BCUT2D eigenvalue weighted by Crippen LogP contribution is 2.17. The second-order valence-corrected chi connectivity index (χ2v) is 6.31. The average Bonchev–Trinajstić information content (AvgIpc) is 2.59. The van der Waals surface area contributed by atoms with Gasteiger partial charge in [0.2, 0.25) is 5.95 Å². The average molecular weight is 342 g/mol. The maximum atomic E-state index is 12.2. The molecule has 0 fully saturated rings. The van der Waals surface area contributed by atoms with Crippen molar-refractivity contribution in [3.63, 3.8) is 0 Å². The molecule has 2 aromatic rings. The van der Waals surface area contributed by atoms with Crippen LogP contribution in [0, 0.1) is 12.8 Å². The Morgan fingerprint density at radius 3 is 2.72 bits per heavy atom. The summed E-state index contributed by atoms with van der Waals surface area (Å²) in [4.78, 5) is 20.9. The molecule has 6 heteroatoms. The minimum atomic E-state index is -0.174. The van der Waals surface area contributed by atoms with Crippen molar-refractivity contribution in [2.45, 2.75) is 27.2 Å². The number of aryl methyl sites for hydroxylation is 1. The lowest BCUT2D eigenvalue weighted by Gasteiger charge is -2.11. The van der Waals surface area contributed by atoms with Crippen LogP contribution in [0.1, 0.15) is 35.6 Å². The number of nitrogens with zero attached hydrogens (tertiary/aromatic N) is 2. The Bertz CT molecular complexity index is 716. The molecule has 0 atom stereocenters. The quantitative estimate of drug-likeness (QED) is 0.771. The zero-order valence-electron chi connectivity index (χ0n) is 15.3. The zero-order valence-corrected chi connectivity index (χ0v) is 15.3. The third-order valence-electron chi connectivity index (χ3n) is 3.63. The molecule has 1 aromatic carbocycles. The second kappa shape index (κ2) is 9.01. The summed E-state index contributed by atoms with van der Waals surface area (Å²) >= 11 is 0. The first-order valence-electron chi connectivity index (χ1n) is 8.49. The maximum absolute atomic E-state index is 12.2. The number of benzene rings is 1. The SMILES string of the molecule is COc1ccccc1CCNc1nc(C)cc(C(=O)NCC(C)C)n1. The number of ether oxygens (including phenoxy) is 1. The predicted octanol–water partition coefficient (Wildman–Crippen LogP) is 2.83. The van der Waals surface area contributed by atoms with E-state index >= 15 is 0 Å². The van der Waals surface area contributed by atoms with Crippen molar-refractivity contribution in [1.82, 2.24) is 15.3 Å². The molecule has 0 spiro atoms. The second-order valence-electron chi connectivity index (χ2n) is 6.31. The highest BCUT2D eigenvalue weighted by Gasteiger charge is 2.11. The van der Waals surface area contributed by atoms with Crippen LogP contribution in [0.25, 0.3) is 0 Å². The molecule has 2 N–H and O–H groups in total. The molecular weight excluding hydrogens is 316 g/mol. The fraction of sp³-hybridized carbons (Fsp3) is 0.421. The highest BCUT2D eigenvalue weighted by atomic mass is 16.5. The van der Waals surface area contributed by atoms with Crippen LogP contribution in [-0.2, 0) is 6.42 Å². The van der Waals surface area contributed by atoms with Gasteiger partial charge in [-0.2, -0.15) is 0 Å². The number of amides is 1. The smallest absolute Gasteiger partial charge is 0.270 e. The monoisotopic (exact) mass is 342 g/mol. The van der Waals surface area contributed by atoms with Gasteiger partial charge < -0.3 is 15.4 Å². The predicted molar refractivity (Wildman–Crippen MR) is 99.1 cm³/mol. The first-order chi connectivity index (χ1) is 12.0. The fourth-order valence-electron chi connectivity index (χ4n) is 2.37. The number of carbonyl (C=O) groups is 1. The van der Waals surface area contributed by atoms with Gasteiger partial charge in [0.1, 0.15) is 11.4 Å². The lowest BCUT2D eigenvalue weighted by atomic mass is 10.1. The summed E-state index contributed by atoms with van der Waals surface area (Å²) in [5.41, 5.74) is 2.25. The molecule has 0 bridgehead atoms. The van der Waals surface area contributed by atoms with Crippen LogP contribution >= 0.6 is 0 Å². The Morgan fingerprint density at radius 2 is 2.00 bits per heavy atom. The molecule has 0 aliphatic rings. The van der Waals surface area contributed by atoms with Crippen molar-refractivity contribution >= 4 is 11.9 Å². The number of hydrogen-bond acceptors (Lipinski definition) is 5. The maximum Gasteiger partial charge on any atom is 0.270 e. The van der Waals surface area contributed by atoms with E-state index in [-0.39, 0.29) is 5.91 Å². The minimum Gasteiger partial charge on any atom is -0.496 e. The third-order valence-corrected chi connectivity index (χ3v) is 3.63. The number of carbonyl (C=O) groups excluding carboxylic acids is 1. The summed E-state index contributed by atoms with van der Waals surface area (Å²) in [5.74, 6) is 1.55. The van der Waals surface area contributed by atoms with E-state index in [4.69, 9.17) is 4.74 Å². The van der Waals surface area contributed by atoms with Gasteiger partial charge >= 0.3 is 0 Å². The highest BCUT2D eigenvalue weighted by molar-refractivity contribution is 5.92. The summed E-state index contributed by atoms with van der Waals surface area (Å²) in [6.45, 7) is 7.23. The van der Waals surface area contributed by atoms with Gasteiger partial charge in [-0.1, -0.05) is 32.0 Å². The number of nitrogens with one attached hydrogen (secondary N) is 2. The van der Waals surface area contributed by atoms with Crippen molar-refractivity contribution < 1.29 is 9.53 Å². The van der Waals surface area contributed by atoms with Crippen LogP contribution < -0.4 is 15.4 Å². The number of anilines is 1. The number of rotatable bonds is 8. The zero-order chi connectivity index (χ0) is 18.2. The van der Waals surface area contributed by atoms with Crippen LogP contribution in [-0.4, -0.2) is 36.1 Å². The van der Waals surface area contributed by atoms with Gasteiger partial charge in [0.25, 0.3) is 5.91 Å². The molecule has 1 heterocycles. The van der Waals surface area contributed by atoms with Gasteiger partial charge in [-0.3, -0.25) is 4.79 Å². The van der Waals surface area contributed by atoms with E-state index in [1.807, 2.05) is 31.2 Å². The van der Waals surface area contributed by atoms with Crippen molar-refractivity contribution in [2.75, 3.05) is 25.5 Å². The summed E-state index contributed by atoms with van der Waals surface area (Å²) in [6.07, 6.45) is 0.774. The molecule has 0 unspecified atom stereocenters. The van der Waals surface area contributed by atoms with Crippen molar-refractivity contribution in [1.29, 1.82) is 0 Å². The number of aromatic nitrogens is 2. The lowest BCUT2D eigenvalue weighted by Crippen LogP contribution is -2.28. The third kappa shape index (κ3) is 5.74. The normalized spacial score (nSPS) is 10.6. The molecule has 0 saturated carbocycles. The first-order valence-corrected chi connectivity index (χ1v) is 8.49. The molecule has 0 saturated heterocycles. The Hall–Kier alpha value is -2.63. The van der Waals surface area contributed by atoms with E-state index in [1.165, 1.54) is 0 Å². The van der Waals surface area contributed by atoms with E-state index in [1.54, 1.807) is 13.2 Å². The van der Waals surface area contributed by atoms with Gasteiger partial charge in [0.05, 0.1) is 7.11 Å². The molecular formula is C19H26N4O2. The lowest BCUT2D eigenvalue weighted by molar-refractivity contribution is 0.0944. The molecule has 1 aromatic heterocycles. The molecule has 134 valence electrons. The summed E-state index contributed by atoms with van der Waals surface area (Å²) in [7, 11) is 1.66. The Labute approximate surface area is 149 Å². The van der Waals surface area contributed by atoms with Crippen LogP contribution in [0.15, 0.2) is 30.3 Å². The molecule has 6 nitrogen and oxygen atoms in total. The first kappa shape index (κ1) is 18.7. The van der Waals surface area contributed by atoms with Gasteiger partial charge in [-0.05, 0) is 37.0 Å². The Balaban J connectivity index is 1.99. The van der Waals surface area contributed by atoms with Gasteiger partial charge in [-0.25, -0.2) is 9.97 Å². The molecule has 0 aliphatic heterocycles. The summed E-state index contributed by atoms with van der Waals surface area (Å²) in [6, 6.07) is 9.60. The standard InChI is InChI=1S/C19H26N4O2/c1-13(2)12-21-18(24)16-11-14(3)22-19(23-16)20-10-9-15-7-5-6-8-17(15)25-4/h5-8,11,13H,9-10,12H2,1-4H3,(H,21,24)(H,20,22,23). The van der Waals surface area contributed by atoms with Crippen LogP contribution in [0.5, 0.6) is 5.75 Å². The largest absolute Gasteiger partial charge is 0.496 e. The Morgan fingerprint density at radius 1 is 1.24 bits per heavy atom. The van der Waals surface area contributed by atoms with Gasteiger partial charge in [-0.15, -0.1) is 0 Å². The molecule has 2 rings (SSSR count). The molecule has 0 aliphatic carbocycles. The van der Waals surface area contributed by atoms with E-state index in [0.29, 0.717) is 30.6 Å². The molecule has 25 heavy (non-hydrogen) atoms. The van der Waals surface area contributed by atoms with E-state index in [0.717, 1.165) is 23.4 Å². The van der Waals surface area contributed by atoms with Crippen LogP contribution in [0.4, 0.5) is 5.95 Å². The minimum absolute atomic E-state index is 0.174. The van der Waals surface area contributed by atoms with E-state index < -0.39 is 0 Å². The summed E-state index contributed by atoms with van der Waals surface area (Å²) < 4.78 is 5.35. The number of hydrogen-bond donors (Lipinski definition) is 2. The molecule has 1 amide bonds. The van der Waals surface area contributed by atoms with E-state index in [2.05, 4.69) is 34.4 Å². The molecule has 0 radical (unpaired) electrons. The van der Waals surface area contributed by atoms with Crippen LogP contribution in [0.2, 0.25) is 0 Å². The van der Waals surface area contributed by atoms with Crippen molar-refractivity contribution in [3.05, 3.63) is 47.3 Å². The fourth-order valence-corrected chi connectivity index (χ4v) is 2.37. The topological polar surface area (TPSA) is 76.1 Å². The van der Waals surface area contributed by atoms with Crippen LogP contribution in [0.3, 0.4) is 0 Å². The van der Waals surface area contributed by atoms with Gasteiger partial charge in [0, 0.05) is 18.8 Å².